The first-order chi connectivity index (χ1) is 27.8. The van der Waals surface area contributed by atoms with Crippen LogP contribution in [0.25, 0.3) is 17.2 Å². The van der Waals surface area contributed by atoms with Gasteiger partial charge in [0.05, 0.1) is 64.9 Å². The molecule has 16 nitrogen and oxygen atoms in total. The van der Waals surface area contributed by atoms with Crippen molar-refractivity contribution in [2.45, 2.75) is 51.0 Å². The fraction of sp³-hybridized carbons (Fsp3) is 0.405. The van der Waals surface area contributed by atoms with Gasteiger partial charge in [-0.1, -0.05) is 19.1 Å². The molecule has 1 atom stereocenters. The number of carbonyl (C=O) groups is 3. The third-order valence-electron chi connectivity index (χ3n) is 7.92. The molecule has 0 radical (unpaired) electrons. The minimum Gasteiger partial charge on any atom is -0.768 e. The summed E-state index contributed by atoms with van der Waals surface area (Å²) in [7, 11) is 0. The van der Waals surface area contributed by atoms with Crippen molar-refractivity contribution in [2.75, 3.05) is 52.8 Å². The Morgan fingerprint density at radius 2 is 1.52 bits per heavy atom. The molecule has 0 aliphatic carbocycles. The Kier molecular flexibility index (Phi) is 17.8. The van der Waals surface area contributed by atoms with Gasteiger partial charge in [0.15, 0.2) is 11.6 Å². The van der Waals surface area contributed by atoms with E-state index < -0.39 is 57.4 Å². The van der Waals surface area contributed by atoms with Gasteiger partial charge in [0, 0.05) is 48.5 Å². The number of ether oxygens (including phenoxy) is 4. The molecule has 0 saturated heterocycles. The van der Waals surface area contributed by atoms with Crippen LogP contribution in [0.2, 0.25) is 0 Å². The van der Waals surface area contributed by atoms with E-state index in [1.807, 2.05) is 32.0 Å². The smallest absolute Gasteiger partial charge is 0.313 e. The van der Waals surface area contributed by atoms with E-state index in [1.165, 1.54) is 5.06 Å². The lowest BCUT2D eigenvalue weighted by Gasteiger charge is -2.21. The summed E-state index contributed by atoms with van der Waals surface area (Å²) in [6.45, 7) is 4.88. The number of aromatic nitrogens is 2. The van der Waals surface area contributed by atoms with Crippen molar-refractivity contribution in [1.29, 1.82) is 0 Å². The fourth-order valence-electron chi connectivity index (χ4n) is 5.17. The highest BCUT2D eigenvalue weighted by molar-refractivity contribution is 7.79. The summed E-state index contributed by atoms with van der Waals surface area (Å²) in [5.74, 6) is -11.7. The maximum atomic E-state index is 13.9. The van der Waals surface area contributed by atoms with Crippen molar-refractivity contribution in [3.63, 3.8) is 0 Å². The van der Waals surface area contributed by atoms with Crippen LogP contribution in [0.15, 0.2) is 46.1 Å². The number of nitrogens with one attached hydrogen (secondary N) is 1. The number of hydrogen-bond donors (Lipinski definition) is 2. The topological polar surface area (TPSA) is 217 Å². The number of halogens is 4. The van der Waals surface area contributed by atoms with Crippen LogP contribution in [-0.2, 0) is 51.1 Å². The average Bonchev–Trinajstić information content (AvgIpc) is 3.37. The Labute approximate surface area is 333 Å². The van der Waals surface area contributed by atoms with E-state index >= 15 is 0 Å². The lowest BCUT2D eigenvalue weighted by Crippen LogP contribution is -2.34. The summed E-state index contributed by atoms with van der Waals surface area (Å²) in [6, 6.07) is 5.54. The van der Waals surface area contributed by atoms with Crippen molar-refractivity contribution in [2.24, 2.45) is 10.7 Å². The van der Waals surface area contributed by atoms with Crippen LogP contribution in [0.4, 0.5) is 23.2 Å². The SMILES string of the molecule is CCCN(OCC)C(=O)C1=Cc2ccc(-c3cnc(CNC(=O)CCOCCOCCOCCC(=O)Oc4c(F)c(F)c(S(=O)[O-])c(F)c4F)nc3)cc2N=C(N)C1. The third kappa shape index (κ3) is 12.9. The molecule has 1 aliphatic rings. The number of rotatable bonds is 22. The highest BCUT2D eigenvalue weighted by atomic mass is 32.2. The molecule has 0 fully saturated rings. The molecule has 0 bridgehead atoms. The molecule has 314 valence electrons. The van der Waals surface area contributed by atoms with Crippen LogP contribution in [0.1, 0.15) is 50.9 Å². The second-order valence-electron chi connectivity index (χ2n) is 12.2. The first kappa shape index (κ1) is 45.5. The zero-order valence-electron chi connectivity index (χ0n) is 31.5. The molecule has 2 aromatic carbocycles. The van der Waals surface area contributed by atoms with Gasteiger partial charge in [0.25, 0.3) is 5.91 Å². The van der Waals surface area contributed by atoms with E-state index in [9.17, 15) is 40.7 Å². The molecule has 2 amide bonds. The van der Waals surface area contributed by atoms with Gasteiger partial charge >= 0.3 is 5.97 Å². The predicted octanol–water partition coefficient (Wildman–Crippen LogP) is 3.96. The number of nitrogens with zero attached hydrogens (tertiary/aromatic N) is 4. The van der Waals surface area contributed by atoms with Gasteiger partial charge in [0.1, 0.15) is 16.6 Å². The van der Waals surface area contributed by atoms with Crippen LogP contribution in [0.5, 0.6) is 5.75 Å². The summed E-state index contributed by atoms with van der Waals surface area (Å²) in [6.07, 6.45) is 5.45. The van der Waals surface area contributed by atoms with Crippen LogP contribution in [-0.4, -0.2) is 100 Å². The van der Waals surface area contributed by atoms with Crippen LogP contribution >= 0.6 is 0 Å². The number of carbonyl (C=O) groups excluding carboxylic acids is 3. The number of esters is 1. The lowest BCUT2D eigenvalue weighted by molar-refractivity contribution is -0.180. The number of aliphatic imine (C=N–C) groups is 1. The number of benzene rings is 2. The van der Waals surface area contributed by atoms with E-state index in [2.05, 4.69) is 25.0 Å². The fourth-order valence-corrected chi connectivity index (χ4v) is 5.64. The largest absolute Gasteiger partial charge is 0.768 e. The zero-order valence-corrected chi connectivity index (χ0v) is 32.3. The Morgan fingerprint density at radius 1 is 0.897 bits per heavy atom. The van der Waals surface area contributed by atoms with Crippen molar-refractivity contribution in [3.8, 4) is 16.9 Å². The van der Waals surface area contributed by atoms with Crippen LogP contribution in [0, 0.1) is 23.3 Å². The first-order valence-electron chi connectivity index (χ1n) is 17.9. The Balaban J connectivity index is 1.09. The van der Waals surface area contributed by atoms with Gasteiger partial charge in [-0.15, -0.1) is 0 Å². The van der Waals surface area contributed by atoms with E-state index in [-0.39, 0.29) is 70.8 Å². The van der Waals surface area contributed by atoms with E-state index in [0.29, 0.717) is 41.6 Å². The molecule has 3 aromatic rings. The summed E-state index contributed by atoms with van der Waals surface area (Å²) in [5.41, 5.74) is 9.47. The average molecular weight is 838 g/mol. The van der Waals surface area contributed by atoms with Gasteiger partial charge in [0.2, 0.25) is 23.3 Å². The van der Waals surface area contributed by atoms with E-state index in [1.54, 1.807) is 18.5 Å². The third-order valence-corrected chi connectivity index (χ3v) is 8.62. The van der Waals surface area contributed by atoms with Gasteiger partial charge in [-0.05, 0) is 42.1 Å². The van der Waals surface area contributed by atoms with Crippen molar-refractivity contribution >= 4 is 46.5 Å². The molecule has 21 heteroatoms. The second-order valence-corrected chi connectivity index (χ2v) is 13.1. The van der Waals surface area contributed by atoms with Gasteiger partial charge < -0.3 is 34.6 Å². The molecule has 3 N–H and O–H groups in total. The molecular formula is C37H41F4N6O10S-. The summed E-state index contributed by atoms with van der Waals surface area (Å²) < 4.78 is 97.1. The van der Waals surface area contributed by atoms with Crippen molar-refractivity contribution < 1.29 is 64.5 Å². The zero-order chi connectivity index (χ0) is 42.2. The predicted molar refractivity (Wildman–Crippen MR) is 198 cm³/mol. The number of fused-ring (bicyclic) bond motifs is 1. The molecule has 0 saturated carbocycles. The molecule has 1 unspecified atom stereocenters. The normalized spacial score (nSPS) is 12.9. The minimum atomic E-state index is -3.62. The quantitative estimate of drug-likeness (QED) is 0.0279. The van der Waals surface area contributed by atoms with Crippen molar-refractivity contribution in [1.82, 2.24) is 20.3 Å². The second kappa shape index (κ2) is 22.7. The molecule has 4 rings (SSSR count). The Morgan fingerprint density at radius 3 is 2.12 bits per heavy atom. The first-order valence-corrected chi connectivity index (χ1v) is 19.0. The van der Waals surface area contributed by atoms with Crippen LogP contribution < -0.4 is 15.8 Å². The molecule has 1 aromatic heterocycles. The van der Waals surface area contributed by atoms with E-state index in [0.717, 1.165) is 17.5 Å². The Bertz CT molecular complexity index is 1990. The van der Waals surface area contributed by atoms with E-state index in [4.69, 9.17) is 24.8 Å². The maximum absolute atomic E-state index is 13.9. The number of hydrogen-bond acceptors (Lipinski definition) is 14. The maximum Gasteiger partial charge on any atom is 0.313 e. The summed E-state index contributed by atoms with van der Waals surface area (Å²) in [4.78, 5) is 54.1. The van der Waals surface area contributed by atoms with Gasteiger partial charge in [-0.2, -0.15) is 8.78 Å². The minimum absolute atomic E-state index is 0.00130. The van der Waals surface area contributed by atoms with Gasteiger partial charge in [-0.3, -0.25) is 23.4 Å². The monoisotopic (exact) mass is 837 g/mol. The molecule has 1 aliphatic heterocycles. The van der Waals surface area contributed by atoms with Crippen LogP contribution in [0.3, 0.4) is 0 Å². The van der Waals surface area contributed by atoms with Crippen molar-refractivity contribution in [3.05, 3.63) is 70.8 Å². The number of hydroxylamine groups is 2. The number of amidine groups is 1. The number of nitrogens with two attached hydrogens (primary N) is 1. The highest BCUT2D eigenvalue weighted by Gasteiger charge is 2.29. The number of amides is 2. The highest BCUT2D eigenvalue weighted by Crippen LogP contribution is 2.33. The van der Waals surface area contributed by atoms with Gasteiger partial charge in [-0.25, -0.2) is 28.8 Å². The molecule has 58 heavy (non-hydrogen) atoms. The molecular weight excluding hydrogens is 796 g/mol. The molecule has 0 spiro atoms. The summed E-state index contributed by atoms with van der Waals surface area (Å²) >= 11 is -3.62. The molecule has 2 heterocycles. The summed E-state index contributed by atoms with van der Waals surface area (Å²) in [5, 5.41) is 4.07. The standard InChI is InChI=1S/C37H42F4N6O10S/c1-3-9-47(56-4-2)37(50)24-16-23-6-5-22(17-26(23)46-27(42)18-24)25-19-43-28(44-20-25)21-45-29(48)7-10-53-12-14-55-15-13-54-11-8-30(49)57-35-31(38)33(40)36(58(51)52)34(41)32(35)39/h5-6,16-17,19-20H,3-4,7-15,18,21H2,1-2H3,(H2,42,46)(H,45,48)(H,51,52)/p-1. The lowest BCUT2D eigenvalue weighted by atomic mass is 10.0. The Hall–Kier alpha value is -5.19.